The average molecular weight is 681 g/mol. The lowest BCUT2D eigenvalue weighted by Gasteiger charge is -2.34. The van der Waals surface area contributed by atoms with Gasteiger partial charge in [-0.2, -0.15) is 0 Å². The molecule has 4 aromatic rings. The standard InChI is InChI=1S/C34H35BrFN3O4S/c1-3-25(2)37-34(41)32(22-26-12-6-4-7-13-26)38(23-27-14-10-11-17-31(27)36)33(40)24-39(29-20-18-28(35)19-21-29)44(42,43)30-15-8-5-9-16-30/h4-21,25,32H,3,22-24H2,1-2H3,(H,37,41)/t25-,32+/m1/s1. The van der Waals surface area contributed by atoms with Crippen LogP contribution in [-0.4, -0.2) is 43.8 Å². The second-order valence-electron chi connectivity index (χ2n) is 10.4. The summed E-state index contributed by atoms with van der Waals surface area (Å²) in [4.78, 5) is 29.5. The molecule has 0 saturated heterocycles. The van der Waals surface area contributed by atoms with Crippen LogP contribution in [0.5, 0.6) is 0 Å². The minimum absolute atomic E-state index is 0.00622. The van der Waals surface area contributed by atoms with Gasteiger partial charge < -0.3 is 10.2 Å². The fourth-order valence-corrected chi connectivity index (χ4v) is 6.36. The molecule has 44 heavy (non-hydrogen) atoms. The van der Waals surface area contributed by atoms with Crippen molar-refractivity contribution in [2.24, 2.45) is 0 Å². The zero-order valence-electron chi connectivity index (χ0n) is 24.6. The summed E-state index contributed by atoms with van der Waals surface area (Å²) in [7, 11) is -4.21. The number of nitrogens with one attached hydrogen (secondary N) is 1. The van der Waals surface area contributed by atoms with Crippen LogP contribution in [0.1, 0.15) is 31.4 Å². The Morgan fingerprint density at radius 1 is 0.864 bits per heavy atom. The van der Waals surface area contributed by atoms with Crippen molar-refractivity contribution < 1.29 is 22.4 Å². The van der Waals surface area contributed by atoms with Crippen molar-refractivity contribution in [3.8, 4) is 0 Å². The minimum atomic E-state index is -4.21. The Labute approximate surface area is 266 Å². The highest BCUT2D eigenvalue weighted by Gasteiger charge is 2.35. The number of rotatable bonds is 13. The van der Waals surface area contributed by atoms with Crippen LogP contribution in [0.3, 0.4) is 0 Å². The number of benzene rings is 4. The molecule has 10 heteroatoms. The van der Waals surface area contributed by atoms with E-state index in [9.17, 15) is 22.4 Å². The van der Waals surface area contributed by atoms with E-state index in [0.717, 1.165) is 14.3 Å². The zero-order valence-corrected chi connectivity index (χ0v) is 27.0. The van der Waals surface area contributed by atoms with E-state index in [4.69, 9.17) is 0 Å². The Morgan fingerprint density at radius 3 is 2.07 bits per heavy atom. The molecule has 0 aliphatic rings. The van der Waals surface area contributed by atoms with Gasteiger partial charge >= 0.3 is 0 Å². The number of halogens is 2. The van der Waals surface area contributed by atoms with Crippen molar-refractivity contribution in [3.05, 3.63) is 131 Å². The molecule has 0 heterocycles. The molecule has 0 radical (unpaired) electrons. The van der Waals surface area contributed by atoms with Gasteiger partial charge in [0, 0.05) is 29.0 Å². The Hall–Kier alpha value is -4.02. The van der Waals surface area contributed by atoms with Crippen LogP contribution in [0.25, 0.3) is 0 Å². The van der Waals surface area contributed by atoms with E-state index in [1.165, 1.54) is 23.1 Å². The largest absolute Gasteiger partial charge is 0.352 e. The van der Waals surface area contributed by atoms with Gasteiger partial charge in [-0.3, -0.25) is 13.9 Å². The predicted octanol–water partition coefficient (Wildman–Crippen LogP) is 6.34. The molecule has 0 aromatic heterocycles. The molecule has 230 valence electrons. The highest BCUT2D eigenvalue weighted by molar-refractivity contribution is 9.10. The van der Waals surface area contributed by atoms with Crippen molar-refractivity contribution in [1.82, 2.24) is 10.2 Å². The first-order valence-electron chi connectivity index (χ1n) is 14.3. The first-order valence-corrected chi connectivity index (χ1v) is 16.5. The van der Waals surface area contributed by atoms with Gasteiger partial charge in [-0.05, 0) is 61.4 Å². The van der Waals surface area contributed by atoms with Crippen molar-refractivity contribution in [2.75, 3.05) is 10.8 Å². The van der Waals surface area contributed by atoms with E-state index in [2.05, 4.69) is 21.2 Å². The summed E-state index contributed by atoms with van der Waals surface area (Å²) in [6.45, 7) is 2.94. The Kier molecular flexibility index (Phi) is 11.3. The number of hydrogen-bond acceptors (Lipinski definition) is 4. The van der Waals surface area contributed by atoms with Gasteiger partial charge in [0.15, 0.2) is 0 Å². The van der Waals surface area contributed by atoms with Gasteiger partial charge in [0.25, 0.3) is 10.0 Å². The second-order valence-corrected chi connectivity index (χ2v) is 13.2. The van der Waals surface area contributed by atoms with Crippen LogP contribution in [0, 0.1) is 5.82 Å². The van der Waals surface area contributed by atoms with Gasteiger partial charge in [0.05, 0.1) is 10.6 Å². The fraction of sp³-hybridized carbons (Fsp3) is 0.235. The van der Waals surface area contributed by atoms with E-state index in [-0.39, 0.29) is 35.2 Å². The Morgan fingerprint density at radius 2 is 1.45 bits per heavy atom. The van der Waals surface area contributed by atoms with E-state index >= 15 is 0 Å². The highest BCUT2D eigenvalue weighted by atomic mass is 79.9. The molecule has 1 N–H and O–H groups in total. The normalized spacial score (nSPS) is 12.6. The molecule has 0 unspecified atom stereocenters. The van der Waals surface area contributed by atoms with E-state index in [1.54, 1.807) is 60.7 Å². The van der Waals surface area contributed by atoms with Crippen molar-refractivity contribution in [3.63, 3.8) is 0 Å². The van der Waals surface area contributed by atoms with Crippen LogP contribution in [0.2, 0.25) is 0 Å². The van der Waals surface area contributed by atoms with Crippen LogP contribution in [-0.2, 0) is 32.6 Å². The number of nitrogens with zero attached hydrogens (tertiary/aromatic N) is 2. The predicted molar refractivity (Wildman–Crippen MR) is 174 cm³/mol. The molecule has 0 bridgehead atoms. The molecule has 0 aliphatic carbocycles. The summed E-state index contributed by atoms with van der Waals surface area (Å²) in [5.41, 5.74) is 1.26. The maximum absolute atomic E-state index is 15.0. The van der Waals surface area contributed by atoms with E-state index in [0.29, 0.717) is 6.42 Å². The van der Waals surface area contributed by atoms with Crippen molar-refractivity contribution in [1.29, 1.82) is 0 Å². The molecule has 4 aromatic carbocycles. The third-order valence-corrected chi connectivity index (χ3v) is 9.61. The summed E-state index contributed by atoms with van der Waals surface area (Å²) < 4.78 is 44.7. The lowest BCUT2D eigenvalue weighted by atomic mass is 10.0. The van der Waals surface area contributed by atoms with Crippen LogP contribution in [0.4, 0.5) is 10.1 Å². The van der Waals surface area contributed by atoms with E-state index < -0.39 is 40.2 Å². The third kappa shape index (κ3) is 8.33. The van der Waals surface area contributed by atoms with Crippen LogP contribution in [0.15, 0.2) is 119 Å². The van der Waals surface area contributed by atoms with Gasteiger partial charge in [-0.25, -0.2) is 12.8 Å². The monoisotopic (exact) mass is 679 g/mol. The number of anilines is 1. The molecule has 0 fully saturated rings. The quantitative estimate of drug-likeness (QED) is 0.179. The molecule has 4 rings (SSSR count). The number of amides is 2. The molecule has 0 spiro atoms. The Balaban J connectivity index is 1.80. The van der Waals surface area contributed by atoms with Gasteiger partial charge in [-0.15, -0.1) is 0 Å². The molecule has 2 atom stereocenters. The summed E-state index contributed by atoms with van der Waals surface area (Å²) in [6, 6.07) is 28.4. The fourth-order valence-electron chi connectivity index (χ4n) is 4.66. The lowest BCUT2D eigenvalue weighted by molar-refractivity contribution is -0.140. The first kappa shape index (κ1) is 32.9. The van der Waals surface area contributed by atoms with Crippen molar-refractivity contribution >= 4 is 43.5 Å². The summed E-state index contributed by atoms with van der Waals surface area (Å²) in [6.07, 6.45) is 0.810. The molecule has 7 nitrogen and oxygen atoms in total. The van der Waals surface area contributed by atoms with Gasteiger partial charge in [-0.1, -0.05) is 89.6 Å². The number of carbonyl (C=O) groups is 2. The summed E-state index contributed by atoms with van der Waals surface area (Å²) in [5.74, 6) is -1.60. The second kappa shape index (κ2) is 15.1. The summed E-state index contributed by atoms with van der Waals surface area (Å²) >= 11 is 3.38. The number of hydrogen-bond donors (Lipinski definition) is 1. The molecular formula is C34H35BrFN3O4S. The molecule has 0 aliphatic heterocycles. The molecular weight excluding hydrogens is 645 g/mol. The number of carbonyl (C=O) groups excluding carboxylic acids is 2. The van der Waals surface area contributed by atoms with Crippen LogP contribution < -0.4 is 9.62 Å². The molecule has 0 saturated carbocycles. The lowest BCUT2D eigenvalue weighted by Crippen LogP contribution is -2.54. The highest BCUT2D eigenvalue weighted by Crippen LogP contribution is 2.26. The summed E-state index contributed by atoms with van der Waals surface area (Å²) in [5, 5.41) is 2.97. The SMILES string of the molecule is CC[C@@H](C)NC(=O)[C@H](Cc1ccccc1)N(Cc1ccccc1F)C(=O)CN(c1ccc(Br)cc1)S(=O)(=O)c1ccccc1. The Bertz CT molecular complexity index is 1660. The van der Waals surface area contributed by atoms with Crippen LogP contribution >= 0.6 is 15.9 Å². The van der Waals surface area contributed by atoms with Gasteiger partial charge in [0.1, 0.15) is 18.4 Å². The average Bonchev–Trinajstić information content (AvgIpc) is 3.03. The zero-order chi connectivity index (χ0) is 31.7. The van der Waals surface area contributed by atoms with Crippen molar-refractivity contribution in [2.45, 2.75) is 50.2 Å². The smallest absolute Gasteiger partial charge is 0.264 e. The maximum atomic E-state index is 15.0. The topological polar surface area (TPSA) is 86.8 Å². The molecule has 2 amide bonds. The minimum Gasteiger partial charge on any atom is -0.352 e. The number of sulfonamides is 1. The van der Waals surface area contributed by atoms with E-state index in [1.807, 2.05) is 44.2 Å². The third-order valence-electron chi connectivity index (χ3n) is 7.30. The van der Waals surface area contributed by atoms with Gasteiger partial charge in [0.2, 0.25) is 11.8 Å². The first-order chi connectivity index (χ1) is 21.1. The maximum Gasteiger partial charge on any atom is 0.264 e.